The fraction of sp³-hybridized carbons (Fsp3) is 0.500. The van der Waals surface area contributed by atoms with Gasteiger partial charge in [0.25, 0.3) is 21.6 Å². The topological polar surface area (TPSA) is 184 Å². The number of H-pyrrole nitrogens is 1. The Kier molecular flexibility index (Phi) is 12.3. The lowest BCUT2D eigenvalue weighted by Crippen LogP contribution is -2.55. The van der Waals surface area contributed by atoms with Crippen molar-refractivity contribution in [3.63, 3.8) is 0 Å². The van der Waals surface area contributed by atoms with E-state index in [-0.39, 0.29) is 29.3 Å². The molecule has 5 aromatic rings. The minimum atomic E-state index is -4.59. The number of anilines is 4. The van der Waals surface area contributed by atoms with Gasteiger partial charge in [-0.15, -0.1) is 0 Å². The fourth-order valence-corrected chi connectivity index (χ4v) is 13.2. The molecule has 3 N–H and O–H groups in total. The molecule has 16 nitrogen and oxygen atoms in total. The Balaban J connectivity index is 0.872. The highest BCUT2D eigenvalue weighted by Crippen LogP contribution is 2.55. The zero-order valence-corrected chi connectivity index (χ0v) is 40.2. The number of aromatic amines is 1. The number of carbonyl (C=O) groups excluding carboxylic acids is 1. The van der Waals surface area contributed by atoms with Gasteiger partial charge in [-0.25, -0.2) is 13.1 Å². The van der Waals surface area contributed by atoms with Crippen molar-refractivity contribution in [3.8, 4) is 5.88 Å². The summed E-state index contributed by atoms with van der Waals surface area (Å²) in [6.07, 6.45) is 10.7. The monoisotopic (exact) mass is 958 g/mol. The number of carbonyl (C=O) groups is 1. The normalized spacial score (nSPS) is 23.1. The van der Waals surface area contributed by atoms with Crippen LogP contribution < -0.4 is 24.6 Å². The molecular weight excluding hydrogens is 897 g/mol. The molecule has 2 aromatic heterocycles. The number of hydrogen-bond donors (Lipinski definition) is 3. The lowest BCUT2D eigenvalue weighted by Gasteiger charge is -2.56. The number of likely N-dealkylation sites (tertiary alicyclic amines) is 1. The van der Waals surface area contributed by atoms with Crippen LogP contribution in [0.2, 0.25) is 0 Å². The van der Waals surface area contributed by atoms with Gasteiger partial charge in [0.2, 0.25) is 5.88 Å². The van der Waals surface area contributed by atoms with Crippen LogP contribution >= 0.6 is 0 Å². The first-order valence-corrected chi connectivity index (χ1v) is 26.3. The average Bonchev–Trinajstić information content (AvgIpc) is 4.03. The summed E-state index contributed by atoms with van der Waals surface area (Å²) in [4.78, 5) is 41.2. The van der Waals surface area contributed by atoms with E-state index in [1.54, 1.807) is 6.07 Å². The summed E-state index contributed by atoms with van der Waals surface area (Å²) in [7, 11) is -4.59. The number of amides is 1. The predicted molar refractivity (Wildman–Crippen MR) is 264 cm³/mol. The van der Waals surface area contributed by atoms with Crippen LogP contribution in [0.5, 0.6) is 5.88 Å². The number of aromatic nitrogens is 2. The van der Waals surface area contributed by atoms with Crippen molar-refractivity contribution in [3.05, 3.63) is 106 Å². The van der Waals surface area contributed by atoms with Gasteiger partial charge in [-0.1, -0.05) is 38.1 Å². The molecule has 5 aliphatic heterocycles. The molecule has 0 bridgehead atoms. The molecule has 7 heterocycles. The van der Waals surface area contributed by atoms with Crippen LogP contribution in [0.1, 0.15) is 105 Å². The van der Waals surface area contributed by atoms with Crippen LogP contribution in [0.15, 0.2) is 83.9 Å². The molecule has 0 unspecified atom stereocenters. The van der Waals surface area contributed by atoms with Gasteiger partial charge in [0, 0.05) is 74.7 Å². The number of nitrogens with zero attached hydrogens (tertiary/aromatic N) is 5. The second-order valence-electron chi connectivity index (χ2n) is 20.4. The second kappa shape index (κ2) is 18.5. The Hall–Kier alpha value is -5.75. The SMILES string of the molecule is CC(C)c1ccccc1[C@@H]1CCCN1C1CC2(CCN(c3ccc(C(=O)NS(=O)(=O)c4ccc(NCC5CCOCC5)c([N+](=O)[O-])c4)c(N4c5cc6cc[nH]c6nc5O[C@H]5CCOC[C@@H]54)c3)CC2)C1. The van der Waals surface area contributed by atoms with E-state index in [0.29, 0.717) is 85.7 Å². The van der Waals surface area contributed by atoms with Gasteiger partial charge in [0.05, 0.1) is 40.3 Å². The molecule has 17 heteroatoms. The largest absolute Gasteiger partial charge is 0.470 e. The van der Waals surface area contributed by atoms with E-state index in [1.807, 2.05) is 35.4 Å². The number of nitro benzene ring substituents is 1. The Morgan fingerprint density at radius 2 is 1.74 bits per heavy atom. The van der Waals surface area contributed by atoms with E-state index in [4.69, 9.17) is 19.2 Å². The quantitative estimate of drug-likeness (QED) is 0.0797. The lowest BCUT2D eigenvalue weighted by atomic mass is 9.59. The highest BCUT2D eigenvalue weighted by atomic mass is 32.2. The molecular formula is C52H62N8O8S. The molecule has 364 valence electrons. The third-order valence-electron chi connectivity index (χ3n) is 16.0. The molecule has 69 heavy (non-hydrogen) atoms. The average molecular weight is 959 g/mol. The Bertz CT molecular complexity index is 2850. The molecule has 0 radical (unpaired) electrons. The van der Waals surface area contributed by atoms with Crippen molar-refractivity contribution < 1.29 is 32.3 Å². The molecule has 1 aliphatic carbocycles. The standard InChI is InChI=1S/C52H62N8O8S/c1-33(2)39-6-3-4-7-40(39)43-8-5-20-58(43)37-29-52(30-37)17-21-57(22-18-52)36-9-11-41(44(27-36)59-46-26-35-13-19-53-49(35)55-51(46)68-48-16-25-67-32-47(48)59)50(61)56-69(64,65)38-10-12-42(45(28-38)60(62)63)54-31-34-14-23-66-24-15-34/h3-4,6-7,9-13,19,26-28,33-34,37,43,47-48,54H,5,8,14-18,20-25,29-32H2,1-2H3,(H,53,55)(H,56,61)/t43-,47-,48-/m0/s1. The first-order valence-electron chi connectivity index (χ1n) is 24.9. The van der Waals surface area contributed by atoms with Crippen LogP contribution in [-0.4, -0.2) is 105 Å². The number of ether oxygens (including phenoxy) is 3. The van der Waals surface area contributed by atoms with Gasteiger partial charge >= 0.3 is 0 Å². The fourth-order valence-electron chi connectivity index (χ4n) is 12.2. The van der Waals surface area contributed by atoms with Crippen molar-refractivity contribution in [1.82, 2.24) is 19.6 Å². The van der Waals surface area contributed by atoms with Crippen LogP contribution in [0.4, 0.5) is 28.4 Å². The first kappa shape index (κ1) is 45.7. The summed E-state index contributed by atoms with van der Waals surface area (Å²) >= 11 is 0. The second-order valence-corrected chi connectivity index (χ2v) is 22.1. The molecule has 5 fully saturated rings. The van der Waals surface area contributed by atoms with Gasteiger partial charge < -0.3 is 34.3 Å². The minimum Gasteiger partial charge on any atom is -0.470 e. The van der Waals surface area contributed by atoms with E-state index >= 15 is 0 Å². The first-order chi connectivity index (χ1) is 33.4. The van der Waals surface area contributed by atoms with Crippen LogP contribution in [0, 0.1) is 21.4 Å². The molecule has 1 spiro atoms. The molecule has 3 aromatic carbocycles. The number of benzene rings is 3. The predicted octanol–water partition coefficient (Wildman–Crippen LogP) is 8.83. The summed E-state index contributed by atoms with van der Waals surface area (Å²) in [6, 6.07) is 22.9. The summed E-state index contributed by atoms with van der Waals surface area (Å²) in [6.45, 7) is 10.0. The molecule has 1 amide bonds. The maximum atomic E-state index is 14.7. The van der Waals surface area contributed by atoms with E-state index in [0.717, 1.165) is 62.5 Å². The smallest absolute Gasteiger partial charge is 0.293 e. The molecule has 1 saturated carbocycles. The zero-order chi connectivity index (χ0) is 47.4. The highest BCUT2D eigenvalue weighted by Gasteiger charge is 2.50. The maximum Gasteiger partial charge on any atom is 0.293 e. The van der Waals surface area contributed by atoms with E-state index in [2.05, 4.69) is 62.9 Å². The summed E-state index contributed by atoms with van der Waals surface area (Å²) < 4.78 is 48.6. The molecule has 4 saturated heterocycles. The van der Waals surface area contributed by atoms with Crippen LogP contribution in [0.25, 0.3) is 11.0 Å². The van der Waals surface area contributed by atoms with Gasteiger partial charge in [-0.2, -0.15) is 4.98 Å². The maximum absolute atomic E-state index is 14.7. The number of piperidine rings is 1. The van der Waals surface area contributed by atoms with Crippen molar-refractivity contribution in [1.29, 1.82) is 0 Å². The van der Waals surface area contributed by atoms with E-state index < -0.39 is 31.4 Å². The number of pyridine rings is 1. The minimum absolute atomic E-state index is 0.118. The van der Waals surface area contributed by atoms with E-state index in [1.165, 1.54) is 48.9 Å². The number of nitrogens with one attached hydrogen (secondary N) is 3. The highest BCUT2D eigenvalue weighted by molar-refractivity contribution is 7.90. The van der Waals surface area contributed by atoms with Crippen LogP contribution in [-0.2, 0) is 19.5 Å². The number of sulfonamides is 1. The Labute approximate surface area is 403 Å². The molecule has 11 rings (SSSR count). The van der Waals surface area contributed by atoms with Crippen LogP contribution in [0.3, 0.4) is 0 Å². The Morgan fingerprint density at radius 1 is 0.942 bits per heavy atom. The Morgan fingerprint density at radius 3 is 2.54 bits per heavy atom. The number of nitro groups is 1. The van der Waals surface area contributed by atoms with E-state index in [9.17, 15) is 23.3 Å². The van der Waals surface area contributed by atoms with Gasteiger partial charge in [-0.3, -0.25) is 19.8 Å². The summed E-state index contributed by atoms with van der Waals surface area (Å²) in [5, 5.41) is 16.3. The molecule has 6 aliphatic rings. The third kappa shape index (κ3) is 8.80. The van der Waals surface area contributed by atoms with Crippen molar-refractivity contribution in [2.75, 3.05) is 67.7 Å². The van der Waals surface area contributed by atoms with Gasteiger partial charge in [-0.05, 0) is 129 Å². The number of rotatable bonds is 12. The zero-order valence-electron chi connectivity index (χ0n) is 39.4. The van der Waals surface area contributed by atoms with Crippen molar-refractivity contribution in [2.45, 2.75) is 107 Å². The summed E-state index contributed by atoms with van der Waals surface area (Å²) in [5.41, 5.74) is 5.91. The number of fused-ring (bicyclic) bond motifs is 3. The van der Waals surface area contributed by atoms with Gasteiger partial charge in [0.15, 0.2) is 0 Å². The number of hydrogen-bond acceptors (Lipinski definition) is 13. The summed E-state index contributed by atoms with van der Waals surface area (Å²) in [5.74, 6) is 0.300. The van der Waals surface area contributed by atoms with Crippen molar-refractivity contribution >= 4 is 55.4 Å². The van der Waals surface area contributed by atoms with Gasteiger partial charge in [0.1, 0.15) is 23.1 Å². The van der Waals surface area contributed by atoms with Crippen molar-refractivity contribution in [2.24, 2.45) is 11.3 Å². The lowest BCUT2D eigenvalue weighted by molar-refractivity contribution is -0.384. The molecule has 3 atom stereocenters. The third-order valence-corrected chi connectivity index (χ3v) is 17.3.